The maximum Gasteiger partial charge on any atom is 0.278 e. The zero-order valence-corrected chi connectivity index (χ0v) is 13.3. The molecule has 6 nitrogen and oxygen atoms in total. The van der Waals surface area contributed by atoms with Gasteiger partial charge in [0.2, 0.25) is 0 Å². The van der Waals surface area contributed by atoms with Crippen LogP contribution in [0.25, 0.3) is 11.6 Å². The molecule has 1 aliphatic rings. The summed E-state index contributed by atoms with van der Waals surface area (Å²) in [6.45, 7) is 3.07. The van der Waals surface area contributed by atoms with Crippen LogP contribution in [0.3, 0.4) is 0 Å². The number of hydrogen-bond donors (Lipinski definition) is 0. The van der Waals surface area contributed by atoms with Crippen LogP contribution in [-0.2, 0) is 24.3 Å². The van der Waals surface area contributed by atoms with Crippen LogP contribution in [0.4, 0.5) is 4.39 Å². The van der Waals surface area contributed by atoms with E-state index >= 15 is 0 Å². The highest BCUT2D eigenvalue weighted by Crippen LogP contribution is 2.31. The summed E-state index contributed by atoms with van der Waals surface area (Å²) in [6.07, 6.45) is 3.37. The quantitative estimate of drug-likeness (QED) is 0.735. The number of ether oxygens (including phenoxy) is 1. The molecule has 0 unspecified atom stereocenters. The summed E-state index contributed by atoms with van der Waals surface area (Å²) in [5.74, 6) is 0.866. The fourth-order valence-corrected chi connectivity index (χ4v) is 2.86. The molecule has 1 atom stereocenters. The molecule has 0 spiro atoms. The number of halogens is 1. The largest absolute Gasteiger partial charge is 0.365 e. The van der Waals surface area contributed by atoms with Gasteiger partial charge in [-0.15, -0.1) is 0 Å². The van der Waals surface area contributed by atoms with Crippen LogP contribution < -0.4 is 0 Å². The minimum Gasteiger partial charge on any atom is -0.365 e. The molecule has 0 fully saturated rings. The highest BCUT2D eigenvalue weighted by molar-refractivity contribution is 5.51. The van der Waals surface area contributed by atoms with Crippen LogP contribution in [0.15, 0.2) is 35.1 Å². The van der Waals surface area contributed by atoms with Gasteiger partial charge in [-0.25, -0.2) is 9.37 Å². The van der Waals surface area contributed by atoms with E-state index in [4.69, 9.17) is 9.26 Å². The zero-order valence-electron chi connectivity index (χ0n) is 13.3. The van der Waals surface area contributed by atoms with E-state index in [9.17, 15) is 4.39 Å². The second-order valence-corrected chi connectivity index (χ2v) is 5.81. The SMILES string of the molecule is CCCc1noc(-c2ncn3c2CO[C@@H](c2ccc(F)cc2)C3)n1. The summed E-state index contributed by atoms with van der Waals surface area (Å²) in [4.78, 5) is 8.80. The predicted molar refractivity (Wildman–Crippen MR) is 83.4 cm³/mol. The summed E-state index contributed by atoms with van der Waals surface area (Å²) < 4.78 is 26.3. The average Bonchev–Trinajstić information content (AvgIpc) is 3.21. The molecule has 24 heavy (non-hydrogen) atoms. The number of aryl methyl sites for hydroxylation is 1. The molecule has 3 aromatic rings. The first kappa shape index (κ1) is 15.0. The highest BCUT2D eigenvalue weighted by atomic mass is 19.1. The smallest absolute Gasteiger partial charge is 0.278 e. The van der Waals surface area contributed by atoms with E-state index in [1.165, 1.54) is 12.1 Å². The van der Waals surface area contributed by atoms with Crippen molar-refractivity contribution in [1.82, 2.24) is 19.7 Å². The van der Waals surface area contributed by atoms with Gasteiger partial charge in [0.1, 0.15) is 11.9 Å². The van der Waals surface area contributed by atoms with Crippen LogP contribution in [0.2, 0.25) is 0 Å². The molecule has 2 aromatic heterocycles. The lowest BCUT2D eigenvalue weighted by Gasteiger charge is -2.25. The molecule has 1 aliphatic heterocycles. The van der Waals surface area contributed by atoms with E-state index in [1.807, 2.05) is 4.57 Å². The average molecular weight is 328 g/mol. The summed E-state index contributed by atoms with van der Waals surface area (Å²) in [5.41, 5.74) is 2.53. The predicted octanol–water partition coefficient (Wildman–Crippen LogP) is 3.30. The first-order valence-electron chi connectivity index (χ1n) is 7.98. The number of rotatable bonds is 4. The van der Waals surface area contributed by atoms with Crippen LogP contribution in [0.5, 0.6) is 0 Å². The third-order valence-electron chi connectivity index (χ3n) is 4.12. The lowest BCUT2D eigenvalue weighted by Crippen LogP contribution is -2.20. The molecule has 0 amide bonds. The number of imidazole rings is 1. The Morgan fingerprint density at radius 3 is 2.92 bits per heavy atom. The Balaban J connectivity index is 1.57. The number of hydrogen-bond acceptors (Lipinski definition) is 5. The molecule has 4 rings (SSSR count). The standard InChI is InChI=1S/C17H17FN4O2/c1-2-3-15-20-17(24-21-15)16-13-9-23-14(8-22(13)10-19-16)11-4-6-12(18)7-5-11/h4-7,10,14H,2-3,8-9H2,1H3/t14-/m1/s1. The zero-order chi connectivity index (χ0) is 16.5. The first-order valence-corrected chi connectivity index (χ1v) is 7.98. The Kier molecular flexibility index (Phi) is 3.86. The van der Waals surface area contributed by atoms with Crippen molar-refractivity contribution in [3.8, 4) is 11.6 Å². The topological polar surface area (TPSA) is 66.0 Å². The maximum atomic E-state index is 13.1. The van der Waals surface area contributed by atoms with Gasteiger partial charge < -0.3 is 13.8 Å². The Morgan fingerprint density at radius 2 is 2.12 bits per heavy atom. The molecular weight excluding hydrogens is 311 g/mol. The fraction of sp³-hybridized carbons (Fsp3) is 0.353. The summed E-state index contributed by atoms with van der Waals surface area (Å²) in [5, 5.41) is 3.97. The van der Waals surface area contributed by atoms with Crippen molar-refractivity contribution in [2.24, 2.45) is 0 Å². The second kappa shape index (κ2) is 6.16. The third-order valence-corrected chi connectivity index (χ3v) is 4.12. The summed E-state index contributed by atoms with van der Waals surface area (Å²) in [7, 11) is 0. The Labute approximate surface area is 138 Å². The van der Waals surface area contributed by atoms with Crippen molar-refractivity contribution >= 4 is 0 Å². The minimum absolute atomic E-state index is 0.126. The Hall–Kier alpha value is -2.54. The lowest BCUT2D eigenvalue weighted by molar-refractivity contribution is 0.00327. The van der Waals surface area contributed by atoms with E-state index in [1.54, 1.807) is 18.5 Å². The molecule has 3 heterocycles. The van der Waals surface area contributed by atoms with Crippen LogP contribution in [0, 0.1) is 5.82 Å². The monoisotopic (exact) mass is 328 g/mol. The lowest BCUT2D eigenvalue weighted by atomic mass is 10.1. The second-order valence-electron chi connectivity index (χ2n) is 5.81. The van der Waals surface area contributed by atoms with Crippen molar-refractivity contribution in [3.05, 3.63) is 53.5 Å². The molecule has 124 valence electrons. The van der Waals surface area contributed by atoms with Crippen molar-refractivity contribution in [2.45, 2.75) is 39.0 Å². The van der Waals surface area contributed by atoms with Gasteiger partial charge in [-0.1, -0.05) is 24.2 Å². The van der Waals surface area contributed by atoms with E-state index < -0.39 is 0 Å². The number of fused-ring (bicyclic) bond motifs is 1. The molecule has 0 saturated heterocycles. The molecule has 0 bridgehead atoms. The molecule has 0 radical (unpaired) electrons. The fourth-order valence-electron chi connectivity index (χ4n) is 2.86. The summed E-state index contributed by atoms with van der Waals surface area (Å²) >= 11 is 0. The van der Waals surface area contributed by atoms with Gasteiger partial charge >= 0.3 is 0 Å². The Morgan fingerprint density at radius 1 is 1.29 bits per heavy atom. The number of benzene rings is 1. The van der Waals surface area contributed by atoms with Crippen molar-refractivity contribution in [3.63, 3.8) is 0 Å². The first-order chi connectivity index (χ1) is 11.7. The van der Waals surface area contributed by atoms with E-state index in [-0.39, 0.29) is 11.9 Å². The van der Waals surface area contributed by atoms with Crippen molar-refractivity contribution < 1.29 is 13.7 Å². The summed E-state index contributed by atoms with van der Waals surface area (Å²) in [6, 6.07) is 6.39. The number of aromatic nitrogens is 4. The van der Waals surface area contributed by atoms with Crippen LogP contribution in [0.1, 0.15) is 36.5 Å². The number of nitrogens with zero attached hydrogens (tertiary/aromatic N) is 4. The normalized spacial score (nSPS) is 17.0. The van der Waals surface area contributed by atoms with Gasteiger partial charge in [-0.3, -0.25) is 0 Å². The highest BCUT2D eigenvalue weighted by Gasteiger charge is 2.26. The molecule has 0 aliphatic carbocycles. The van der Waals surface area contributed by atoms with Crippen molar-refractivity contribution in [1.29, 1.82) is 0 Å². The van der Waals surface area contributed by atoms with E-state index in [2.05, 4.69) is 22.0 Å². The van der Waals surface area contributed by atoms with Gasteiger partial charge in [0, 0.05) is 6.42 Å². The third kappa shape index (κ3) is 2.71. The maximum absolute atomic E-state index is 13.1. The van der Waals surface area contributed by atoms with Gasteiger partial charge in [0.05, 0.1) is 25.2 Å². The van der Waals surface area contributed by atoms with Crippen LogP contribution in [-0.4, -0.2) is 19.7 Å². The molecular formula is C17H17FN4O2. The van der Waals surface area contributed by atoms with Crippen LogP contribution >= 0.6 is 0 Å². The molecule has 0 N–H and O–H groups in total. The van der Waals surface area contributed by atoms with Crippen molar-refractivity contribution in [2.75, 3.05) is 0 Å². The van der Waals surface area contributed by atoms with Gasteiger partial charge in [0.25, 0.3) is 5.89 Å². The van der Waals surface area contributed by atoms with Gasteiger partial charge in [0.15, 0.2) is 11.5 Å². The minimum atomic E-state index is -0.251. The van der Waals surface area contributed by atoms with Gasteiger partial charge in [-0.05, 0) is 24.1 Å². The Bertz CT molecular complexity index is 841. The van der Waals surface area contributed by atoms with E-state index in [0.29, 0.717) is 30.6 Å². The van der Waals surface area contributed by atoms with E-state index in [0.717, 1.165) is 24.1 Å². The molecule has 0 saturated carbocycles. The van der Waals surface area contributed by atoms with Gasteiger partial charge in [-0.2, -0.15) is 4.98 Å². The molecule has 1 aromatic carbocycles. The molecule has 7 heteroatoms.